The Kier molecular flexibility index (Phi) is 5.05. The second-order valence-corrected chi connectivity index (χ2v) is 8.16. The quantitative estimate of drug-likeness (QED) is 0.380. The molecule has 0 saturated carbocycles. The highest BCUT2D eigenvalue weighted by atomic mass is 32.1. The first-order valence-corrected chi connectivity index (χ1v) is 10.4. The first-order chi connectivity index (χ1) is 13.9. The molecule has 0 aliphatic heterocycles. The molecule has 2 aromatic heterocycles. The number of thiophene rings is 1. The maximum absolute atomic E-state index is 13.2. The number of aromatic amines is 1. The van der Waals surface area contributed by atoms with Gasteiger partial charge in [-0.05, 0) is 62.5 Å². The highest BCUT2D eigenvalue weighted by Crippen LogP contribution is 2.34. The summed E-state index contributed by atoms with van der Waals surface area (Å²) in [6.45, 7) is 1.96. The number of benzene rings is 1. The Balaban J connectivity index is 1.88. The smallest absolute Gasteiger partial charge is 0.311 e. The lowest BCUT2D eigenvalue weighted by Gasteiger charge is -2.11. The summed E-state index contributed by atoms with van der Waals surface area (Å²) in [5.41, 5.74) is 0.149. The zero-order chi connectivity index (χ0) is 20.7. The second kappa shape index (κ2) is 7.53. The zero-order valence-corrected chi connectivity index (χ0v) is 17.2. The number of aromatic nitrogens is 2. The van der Waals surface area contributed by atoms with Gasteiger partial charge in [-0.3, -0.25) is 19.7 Å². The van der Waals surface area contributed by atoms with Crippen molar-refractivity contribution in [2.24, 2.45) is 0 Å². The Morgan fingerprint density at radius 3 is 2.86 bits per heavy atom. The van der Waals surface area contributed by atoms with E-state index in [2.05, 4.69) is 4.98 Å². The molecule has 10 heteroatoms. The predicted molar refractivity (Wildman–Crippen MR) is 112 cm³/mol. The van der Waals surface area contributed by atoms with Gasteiger partial charge >= 0.3 is 5.69 Å². The van der Waals surface area contributed by atoms with Gasteiger partial charge in [0.1, 0.15) is 4.83 Å². The SMILES string of the molecule is CCOc1ccc(C(=O)n2c(=S)[nH]c3sc4c(c3c2=O)CCCC4)cc1[N+](=O)[O-]. The van der Waals surface area contributed by atoms with E-state index in [-0.39, 0.29) is 28.4 Å². The summed E-state index contributed by atoms with van der Waals surface area (Å²) in [6, 6.07) is 3.87. The van der Waals surface area contributed by atoms with E-state index in [1.54, 1.807) is 6.92 Å². The molecular formula is C19H17N3O5S2. The molecule has 0 fully saturated rings. The Hall–Kier alpha value is -2.85. The molecule has 1 aliphatic rings. The van der Waals surface area contributed by atoms with E-state index in [9.17, 15) is 19.7 Å². The molecule has 0 spiro atoms. The number of fused-ring (bicyclic) bond motifs is 3. The predicted octanol–water partition coefficient (Wildman–Crippen LogP) is 3.99. The van der Waals surface area contributed by atoms with Crippen LogP contribution in [0.5, 0.6) is 5.75 Å². The molecule has 0 amide bonds. The van der Waals surface area contributed by atoms with Crippen LogP contribution < -0.4 is 10.3 Å². The van der Waals surface area contributed by atoms with Crippen molar-refractivity contribution in [1.29, 1.82) is 0 Å². The van der Waals surface area contributed by atoms with E-state index in [4.69, 9.17) is 17.0 Å². The molecule has 1 aliphatic carbocycles. The number of carbonyl (C=O) groups is 1. The lowest BCUT2D eigenvalue weighted by Crippen LogP contribution is -2.29. The standard InChI is InChI=1S/C19H17N3O5S2/c1-2-27-13-8-7-10(9-12(13)22(25)26)17(23)21-18(24)15-11-5-3-4-6-14(11)29-16(15)20-19(21)28/h7-9H,2-6H2,1H3,(H,20,28). The van der Waals surface area contributed by atoms with Gasteiger partial charge in [-0.2, -0.15) is 0 Å². The van der Waals surface area contributed by atoms with Crippen molar-refractivity contribution in [2.45, 2.75) is 32.6 Å². The monoisotopic (exact) mass is 431 g/mol. The highest BCUT2D eigenvalue weighted by Gasteiger charge is 2.24. The Labute approximate surface area is 173 Å². The van der Waals surface area contributed by atoms with Gasteiger partial charge < -0.3 is 9.72 Å². The molecule has 8 nitrogen and oxygen atoms in total. The Morgan fingerprint density at radius 2 is 2.14 bits per heavy atom. The number of ether oxygens (including phenoxy) is 1. The Morgan fingerprint density at radius 1 is 1.38 bits per heavy atom. The van der Waals surface area contributed by atoms with Crippen molar-refractivity contribution in [2.75, 3.05) is 6.61 Å². The number of H-pyrrole nitrogens is 1. The van der Waals surface area contributed by atoms with Crippen LogP contribution >= 0.6 is 23.6 Å². The van der Waals surface area contributed by atoms with Crippen molar-refractivity contribution in [1.82, 2.24) is 9.55 Å². The first kappa shape index (κ1) is 19.5. The van der Waals surface area contributed by atoms with E-state index < -0.39 is 16.4 Å². The summed E-state index contributed by atoms with van der Waals surface area (Å²) in [7, 11) is 0. The van der Waals surface area contributed by atoms with Gasteiger partial charge in [0.05, 0.1) is 16.9 Å². The molecule has 1 N–H and O–H groups in total. The minimum atomic E-state index is -0.708. The van der Waals surface area contributed by atoms with Gasteiger partial charge in [-0.1, -0.05) is 0 Å². The zero-order valence-electron chi connectivity index (χ0n) is 15.5. The van der Waals surface area contributed by atoms with Crippen molar-refractivity contribution in [3.8, 4) is 5.75 Å². The van der Waals surface area contributed by atoms with Crippen LogP contribution in [-0.2, 0) is 12.8 Å². The number of rotatable bonds is 4. The van der Waals surface area contributed by atoms with Crippen LogP contribution in [0.2, 0.25) is 0 Å². The van der Waals surface area contributed by atoms with Gasteiger partial charge in [0.15, 0.2) is 10.5 Å². The van der Waals surface area contributed by atoms with Crippen LogP contribution in [0, 0.1) is 14.9 Å². The van der Waals surface area contributed by atoms with Crippen molar-refractivity contribution in [3.05, 3.63) is 59.4 Å². The molecule has 150 valence electrons. The van der Waals surface area contributed by atoms with Crippen molar-refractivity contribution in [3.63, 3.8) is 0 Å². The second-order valence-electron chi connectivity index (χ2n) is 6.66. The number of nitrogens with zero attached hydrogens (tertiary/aromatic N) is 2. The van der Waals surface area contributed by atoms with Gasteiger partial charge in [0.2, 0.25) is 0 Å². The maximum atomic E-state index is 13.2. The van der Waals surface area contributed by atoms with E-state index in [1.807, 2.05) is 0 Å². The number of nitrogens with one attached hydrogen (secondary N) is 1. The van der Waals surface area contributed by atoms with Crippen molar-refractivity contribution < 1.29 is 14.5 Å². The van der Waals surface area contributed by atoms with Gasteiger partial charge in [0.25, 0.3) is 11.5 Å². The van der Waals surface area contributed by atoms with Crippen LogP contribution in [0.25, 0.3) is 10.2 Å². The van der Waals surface area contributed by atoms with Crippen molar-refractivity contribution >= 4 is 45.4 Å². The molecule has 0 saturated heterocycles. The molecule has 0 unspecified atom stereocenters. The minimum absolute atomic E-state index is 0.00907. The average molecular weight is 431 g/mol. The molecule has 2 heterocycles. The summed E-state index contributed by atoms with van der Waals surface area (Å²) in [6.07, 6.45) is 3.77. The topological polar surface area (TPSA) is 107 Å². The largest absolute Gasteiger partial charge is 0.487 e. The number of carbonyl (C=O) groups excluding carboxylic acids is 1. The minimum Gasteiger partial charge on any atom is -0.487 e. The van der Waals surface area contributed by atoms with Gasteiger partial charge in [0, 0.05) is 16.5 Å². The molecule has 0 radical (unpaired) electrons. The summed E-state index contributed by atoms with van der Waals surface area (Å²) in [5, 5.41) is 11.9. The lowest BCUT2D eigenvalue weighted by atomic mass is 9.97. The number of hydrogen-bond donors (Lipinski definition) is 1. The summed E-state index contributed by atoms with van der Waals surface area (Å²) < 4.78 is 6.11. The average Bonchev–Trinajstić information content (AvgIpc) is 3.06. The third-order valence-corrected chi connectivity index (χ3v) is 6.41. The third-order valence-electron chi connectivity index (χ3n) is 4.92. The van der Waals surface area contributed by atoms with E-state index in [0.29, 0.717) is 10.2 Å². The normalized spacial score (nSPS) is 13.3. The van der Waals surface area contributed by atoms with Crippen LogP contribution in [-0.4, -0.2) is 27.0 Å². The summed E-state index contributed by atoms with van der Waals surface area (Å²) >= 11 is 6.78. The van der Waals surface area contributed by atoms with Crippen LogP contribution in [0.4, 0.5) is 5.69 Å². The van der Waals surface area contributed by atoms with E-state index in [0.717, 1.165) is 46.8 Å². The number of nitro groups is 1. The molecular weight excluding hydrogens is 414 g/mol. The number of aryl methyl sites for hydroxylation is 2. The Bertz CT molecular complexity index is 1270. The molecule has 4 rings (SSSR count). The van der Waals surface area contributed by atoms with Crippen LogP contribution in [0.3, 0.4) is 0 Å². The van der Waals surface area contributed by atoms with Gasteiger partial charge in [-0.15, -0.1) is 11.3 Å². The highest BCUT2D eigenvalue weighted by molar-refractivity contribution is 7.71. The van der Waals surface area contributed by atoms with Gasteiger partial charge in [-0.25, -0.2) is 4.57 Å². The lowest BCUT2D eigenvalue weighted by molar-refractivity contribution is -0.385. The molecule has 0 bridgehead atoms. The number of hydrogen-bond acceptors (Lipinski definition) is 7. The fourth-order valence-corrected chi connectivity index (χ4v) is 5.23. The third kappa shape index (κ3) is 3.28. The molecule has 1 aromatic carbocycles. The maximum Gasteiger partial charge on any atom is 0.311 e. The molecule has 0 atom stereocenters. The molecule has 29 heavy (non-hydrogen) atoms. The van der Waals surface area contributed by atoms with E-state index in [1.165, 1.54) is 23.5 Å². The fourth-order valence-electron chi connectivity index (χ4n) is 3.62. The van der Waals surface area contributed by atoms with Crippen LogP contribution in [0.1, 0.15) is 40.6 Å². The van der Waals surface area contributed by atoms with E-state index >= 15 is 0 Å². The first-order valence-electron chi connectivity index (χ1n) is 9.18. The summed E-state index contributed by atoms with van der Waals surface area (Å²) in [5.74, 6) is -0.644. The van der Waals surface area contributed by atoms with Crippen LogP contribution in [0.15, 0.2) is 23.0 Å². The molecule has 3 aromatic rings. The fraction of sp³-hybridized carbons (Fsp3) is 0.316. The number of nitro benzene ring substituents is 1. The summed E-state index contributed by atoms with van der Waals surface area (Å²) in [4.78, 5) is 41.8.